The van der Waals surface area contributed by atoms with Crippen LogP contribution in [0.25, 0.3) is 22.0 Å². The van der Waals surface area contributed by atoms with E-state index in [2.05, 4.69) is 22.4 Å². The summed E-state index contributed by atoms with van der Waals surface area (Å²) in [5, 5.41) is 12.7. The molecule has 3 aromatic carbocycles. The first-order valence-corrected chi connectivity index (χ1v) is 9.86. The van der Waals surface area contributed by atoms with Crippen LogP contribution in [0.2, 0.25) is 0 Å². The Morgan fingerprint density at radius 2 is 1.52 bits per heavy atom. The normalized spacial score (nSPS) is 12.3. The number of carbonyl (C=O) groups is 2. The maximum Gasteiger partial charge on any atom is 0.411 e. The number of nitrogens with zero attached hydrogens (tertiary/aromatic N) is 1. The highest BCUT2D eigenvalue weighted by molar-refractivity contribution is 6.08. The Morgan fingerprint density at radius 3 is 2.19 bits per heavy atom. The highest BCUT2D eigenvalue weighted by Gasteiger charge is 2.29. The van der Waals surface area contributed by atoms with Gasteiger partial charge in [0.2, 0.25) is 0 Å². The van der Waals surface area contributed by atoms with E-state index in [1.54, 1.807) is 24.3 Å². The van der Waals surface area contributed by atoms with E-state index in [9.17, 15) is 14.7 Å². The summed E-state index contributed by atoms with van der Waals surface area (Å²) in [6, 6.07) is 23.2. The minimum Gasteiger partial charge on any atom is -0.478 e. The molecule has 0 saturated heterocycles. The SMILES string of the molecule is O=C(Nc1c(C(=O)O)cnc2ccccc12)OCC1c2ccccc2-c2ccccc21. The van der Waals surface area contributed by atoms with E-state index in [0.29, 0.717) is 10.9 Å². The van der Waals surface area contributed by atoms with Gasteiger partial charge in [-0.15, -0.1) is 0 Å². The summed E-state index contributed by atoms with van der Waals surface area (Å²) in [5.41, 5.74) is 5.17. The van der Waals surface area contributed by atoms with Gasteiger partial charge in [0.25, 0.3) is 0 Å². The fraction of sp³-hybridized carbons (Fsp3) is 0.0800. The molecule has 4 aromatic rings. The molecule has 0 spiro atoms. The van der Waals surface area contributed by atoms with Crippen molar-refractivity contribution in [3.8, 4) is 11.1 Å². The number of ether oxygens (including phenoxy) is 1. The predicted octanol–water partition coefficient (Wildman–Crippen LogP) is 5.29. The number of nitrogens with one attached hydrogen (secondary N) is 1. The molecule has 1 aromatic heterocycles. The van der Waals surface area contributed by atoms with Gasteiger partial charge in [0.1, 0.15) is 12.2 Å². The van der Waals surface area contributed by atoms with Crippen LogP contribution in [-0.2, 0) is 4.74 Å². The molecule has 0 unspecified atom stereocenters. The topological polar surface area (TPSA) is 88.5 Å². The smallest absolute Gasteiger partial charge is 0.411 e. The Hall–Kier alpha value is -4.19. The molecule has 0 fully saturated rings. The lowest BCUT2D eigenvalue weighted by atomic mass is 9.98. The van der Waals surface area contributed by atoms with Crippen molar-refractivity contribution in [3.63, 3.8) is 0 Å². The van der Waals surface area contributed by atoms with Gasteiger partial charge in [-0.05, 0) is 28.3 Å². The van der Waals surface area contributed by atoms with Crippen LogP contribution in [0.15, 0.2) is 79.0 Å². The summed E-state index contributed by atoms with van der Waals surface area (Å²) in [7, 11) is 0. The Kier molecular flexibility index (Phi) is 4.59. The average molecular weight is 410 g/mol. The highest BCUT2D eigenvalue weighted by Crippen LogP contribution is 2.44. The second kappa shape index (κ2) is 7.57. The van der Waals surface area contributed by atoms with E-state index in [1.165, 1.54) is 6.20 Å². The van der Waals surface area contributed by atoms with Gasteiger partial charge < -0.3 is 9.84 Å². The van der Waals surface area contributed by atoms with Crippen molar-refractivity contribution in [2.24, 2.45) is 0 Å². The standard InChI is InChI=1S/C25H18N2O4/c28-24(29)20-13-26-22-12-6-5-11-19(22)23(20)27-25(30)31-14-21-17-9-3-1-7-15(17)16-8-2-4-10-18(16)21/h1-13,21H,14H2,(H,28,29)(H,26,27,30). The first kappa shape index (κ1) is 18.8. The van der Waals surface area contributed by atoms with Gasteiger partial charge in [-0.1, -0.05) is 66.7 Å². The summed E-state index contributed by atoms with van der Waals surface area (Å²) >= 11 is 0. The van der Waals surface area contributed by atoms with Crippen LogP contribution >= 0.6 is 0 Å². The molecule has 1 aliphatic rings. The van der Waals surface area contributed by atoms with Crippen molar-refractivity contribution >= 4 is 28.7 Å². The monoisotopic (exact) mass is 410 g/mol. The molecular formula is C25H18N2O4. The molecule has 31 heavy (non-hydrogen) atoms. The molecule has 6 heteroatoms. The fourth-order valence-electron chi connectivity index (χ4n) is 4.17. The summed E-state index contributed by atoms with van der Waals surface area (Å²) in [4.78, 5) is 28.5. The van der Waals surface area contributed by atoms with E-state index >= 15 is 0 Å². The van der Waals surface area contributed by atoms with Crippen LogP contribution in [0, 0.1) is 0 Å². The molecule has 0 atom stereocenters. The average Bonchev–Trinajstić information content (AvgIpc) is 3.11. The molecule has 6 nitrogen and oxygen atoms in total. The number of amides is 1. The number of rotatable bonds is 4. The molecule has 152 valence electrons. The van der Waals surface area contributed by atoms with Crippen LogP contribution in [0.3, 0.4) is 0 Å². The van der Waals surface area contributed by atoms with E-state index < -0.39 is 12.1 Å². The molecule has 1 aliphatic carbocycles. The summed E-state index contributed by atoms with van der Waals surface area (Å²) in [6.45, 7) is 0.144. The Balaban J connectivity index is 1.41. The number of fused-ring (bicyclic) bond motifs is 4. The highest BCUT2D eigenvalue weighted by atomic mass is 16.5. The Labute approximate surface area is 178 Å². The van der Waals surface area contributed by atoms with Gasteiger partial charge in [0.05, 0.1) is 11.2 Å². The second-order valence-electron chi connectivity index (χ2n) is 7.32. The van der Waals surface area contributed by atoms with Crippen LogP contribution in [-0.4, -0.2) is 28.8 Å². The van der Waals surface area contributed by atoms with Crippen molar-refractivity contribution in [1.82, 2.24) is 4.98 Å². The number of anilines is 1. The minimum absolute atomic E-state index is 0.0775. The molecule has 0 radical (unpaired) electrons. The van der Waals surface area contributed by atoms with Gasteiger partial charge in [-0.2, -0.15) is 0 Å². The van der Waals surface area contributed by atoms with Crippen LogP contribution in [0.5, 0.6) is 0 Å². The molecule has 5 rings (SSSR count). The van der Waals surface area contributed by atoms with E-state index in [-0.39, 0.29) is 23.8 Å². The largest absolute Gasteiger partial charge is 0.478 e. The molecule has 1 heterocycles. The number of aromatic nitrogens is 1. The van der Waals surface area contributed by atoms with Gasteiger partial charge in [-0.25, -0.2) is 9.59 Å². The minimum atomic E-state index is -1.17. The third-order valence-corrected chi connectivity index (χ3v) is 5.58. The van der Waals surface area contributed by atoms with Crippen molar-refractivity contribution in [2.75, 3.05) is 11.9 Å². The van der Waals surface area contributed by atoms with Crippen molar-refractivity contribution in [2.45, 2.75) is 5.92 Å². The number of carboxylic acid groups (broad SMARTS) is 1. The van der Waals surface area contributed by atoms with Gasteiger partial charge in [0.15, 0.2) is 0 Å². The molecule has 0 bridgehead atoms. The number of carbonyl (C=O) groups excluding carboxylic acids is 1. The first-order chi connectivity index (χ1) is 15.1. The predicted molar refractivity (Wildman–Crippen MR) is 117 cm³/mol. The number of hydrogen-bond donors (Lipinski definition) is 2. The van der Waals surface area contributed by atoms with Crippen molar-refractivity contribution in [1.29, 1.82) is 0 Å². The molecule has 1 amide bonds. The summed E-state index contributed by atoms with van der Waals surface area (Å²) < 4.78 is 5.56. The second-order valence-corrected chi connectivity index (χ2v) is 7.32. The zero-order valence-electron chi connectivity index (χ0n) is 16.4. The number of aromatic carboxylic acids is 1. The van der Waals surface area contributed by atoms with E-state index in [4.69, 9.17) is 4.74 Å². The molecule has 0 aliphatic heterocycles. The van der Waals surface area contributed by atoms with E-state index in [0.717, 1.165) is 22.3 Å². The first-order valence-electron chi connectivity index (χ1n) is 9.86. The van der Waals surface area contributed by atoms with Gasteiger partial charge >= 0.3 is 12.1 Å². The third kappa shape index (κ3) is 3.28. The third-order valence-electron chi connectivity index (χ3n) is 5.58. The van der Waals surface area contributed by atoms with E-state index in [1.807, 2.05) is 36.4 Å². The summed E-state index contributed by atoms with van der Waals surface area (Å²) in [5.74, 6) is -1.25. The molecular weight excluding hydrogens is 392 g/mol. The number of benzene rings is 3. The zero-order valence-corrected chi connectivity index (χ0v) is 16.4. The van der Waals surface area contributed by atoms with Crippen molar-refractivity contribution < 1.29 is 19.4 Å². The quantitative estimate of drug-likeness (QED) is 0.477. The van der Waals surface area contributed by atoms with Crippen LogP contribution in [0.1, 0.15) is 27.4 Å². The lowest BCUT2D eigenvalue weighted by molar-refractivity contribution is 0.0697. The number of carboxylic acids is 1. The lowest BCUT2D eigenvalue weighted by Crippen LogP contribution is -2.19. The molecule has 2 N–H and O–H groups in total. The lowest BCUT2D eigenvalue weighted by Gasteiger charge is -2.16. The number of pyridine rings is 1. The number of hydrogen-bond acceptors (Lipinski definition) is 4. The van der Waals surface area contributed by atoms with Gasteiger partial charge in [-0.3, -0.25) is 10.3 Å². The maximum atomic E-state index is 12.7. The Bertz CT molecular complexity index is 1290. The van der Waals surface area contributed by atoms with Crippen molar-refractivity contribution in [3.05, 3.63) is 95.7 Å². The van der Waals surface area contributed by atoms with Crippen LogP contribution < -0.4 is 5.32 Å². The number of para-hydroxylation sites is 1. The Morgan fingerprint density at radius 1 is 0.903 bits per heavy atom. The zero-order chi connectivity index (χ0) is 21.4. The summed E-state index contributed by atoms with van der Waals surface area (Å²) in [6.07, 6.45) is 0.532. The van der Waals surface area contributed by atoms with Gasteiger partial charge in [0, 0.05) is 17.5 Å². The van der Waals surface area contributed by atoms with Crippen LogP contribution in [0.4, 0.5) is 10.5 Å². The molecule has 0 saturated carbocycles. The fourth-order valence-corrected chi connectivity index (χ4v) is 4.17. The maximum absolute atomic E-state index is 12.7.